The Balaban J connectivity index is 0.00000156. The molecule has 0 aliphatic carbocycles. The normalized spacial score (nSPS) is 11.3. The van der Waals surface area contributed by atoms with Gasteiger partial charge in [0.25, 0.3) is 11.7 Å². The average molecular weight is 505 g/mol. The number of nitrogens with one attached hydrogen (secondary N) is 2. The molecule has 4 aromatic heterocycles. The minimum atomic E-state index is -0.538. The van der Waals surface area contributed by atoms with E-state index in [-0.39, 0.29) is 17.8 Å². The molecule has 0 saturated heterocycles. The van der Waals surface area contributed by atoms with Crippen molar-refractivity contribution in [1.82, 2.24) is 40.2 Å². The molecular formula is C26H29FN8O2. The van der Waals surface area contributed by atoms with Crippen molar-refractivity contribution in [2.24, 2.45) is 7.05 Å². The van der Waals surface area contributed by atoms with Crippen LogP contribution in [0.25, 0.3) is 33.7 Å². The summed E-state index contributed by atoms with van der Waals surface area (Å²) >= 11 is 0. The molecule has 0 fully saturated rings. The van der Waals surface area contributed by atoms with Crippen LogP contribution in [0.4, 0.5) is 4.39 Å². The van der Waals surface area contributed by atoms with Gasteiger partial charge < -0.3 is 14.8 Å². The molecule has 1 amide bonds. The van der Waals surface area contributed by atoms with Gasteiger partial charge in [0.15, 0.2) is 5.65 Å². The van der Waals surface area contributed by atoms with E-state index in [1.54, 1.807) is 35.3 Å². The number of aromatic nitrogens is 7. The van der Waals surface area contributed by atoms with Gasteiger partial charge in [-0.25, -0.2) is 14.4 Å². The van der Waals surface area contributed by atoms with Gasteiger partial charge in [0, 0.05) is 42.5 Å². The number of carbonyl (C=O) groups excluding carboxylic acids is 1. The van der Waals surface area contributed by atoms with E-state index in [1.165, 1.54) is 6.07 Å². The van der Waals surface area contributed by atoms with Crippen LogP contribution < -0.4 is 5.32 Å². The van der Waals surface area contributed by atoms with Gasteiger partial charge in [-0.05, 0) is 17.7 Å². The van der Waals surface area contributed by atoms with Crippen LogP contribution in [-0.4, -0.2) is 40.8 Å². The van der Waals surface area contributed by atoms with Crippen molar-refractivity contribution in [3.63, 3.8) is 0 Å². The second kappa shape index (κ2) is 10.3. The highest BCUT2D eigenvalue weighted by atomic mass is 19.1. The number of aromatic amines is 1. The summed E-state index contributed by atoms with van der Waals surface area (Å²) < 4.78 is 21.8. The number of hydrogen-bond donors (Lipinski definition) is 2. The number of aryl methyl sites for hydroxylation is 1. The quantitative estimate of drug-likeness (QED) is 0.352. The molecule has 1 aromatic carbocycles. The van der Waals surface area contributed by atoms with Crippen LogP contribution >= 0.6 is 0 Å². The summed E-state index contributed by atoms with van der Waals surface area (Å²) in [6.07, 6.45) is 5.19. The van der Waals surface area contributed by atoms with Crippen LogP contribution in [0.5, 0.6) is 0 Å². The molecule has 0 bridgehead atoms. The molecule has 4 heterocycles. The van der Waals surface area contributed by atoms with Crippen LogP contribution in [-0.2, 0) is 19.0 Å². The lowest BCUT2D eigenvalue weighted by molar-refractivity contribution is 0.0937. The summed E-state index contributed by atoms with van der Waals surface area (Å²) in [5.74, 6) is -0.0988. The van der Waals surface area contributed by atoms with Crippen molar-refractivity contribution in [3.8, 4) is 22.5 Å². The Kier molecular flexibility index (Phi) is 7.14. The van der Waals surface area contributed by atoms with Crippen molar-refractivity contribution < 1.29 is 13.7 Å². The summed E-state index contributed by atoms with van der Waals surface area (Å²) in [7, 11) is 1.83. The van der Waals surface area contributed by atoms with Crippen molar-refractivity contribution in [2.45, 2.75) is 46.6 Å². The molecule has 0 aliphatic heterocycles. The second-order valence-electron chi connectivity index (χ2n) is 9.21. The summed E-state index contributed by atoms with van der Waals surface area (Å²) in [6, 6.07) is 6.64. The molecule has 5 rings (SSSR count). The zero-order valence-corrected chi connectivity index (χ0v) is 21.6. The molecule has 11 heteroatoms. The maximum atomic E-state index is 15.0. The highest BCUT2D eigenvalue weighted by Gasteiger charge is 2.24. The molecule has 2 N–H and O–H groups in total. The third kappa shape index (κ3) is 5.40. The maximum Gasteiger partial charge on any atom is 0.292 e. The predicted octanol–water partition coefficient (Wildman–Crippen LogP) is 4.80. The van der Waals surface area contributed by atoms with E-state index in [0.717, 1.165) is 11.1 Å². The molecule has 0 spiro atoms. The average Bonchev–Trinajstić information content (AvgIpc) is 3.63. The number of fused-ring (bicyclic) bond motifs is 1. The van der Waals surface area contributed by atoms with E-state index in [2.05, 4.69) is 35.5 Å². The molecule has 0 atom stereocenters. The molecule has 0 radical (unpaired) electrons. The van der Waals surface area contributed by atoms with E-state index in [4.69, 9.17) is 4.52 Å². The first-order chi connectivity index (χ1) is 17.7. The molecule has 10 nitrogen and oxygen atoms in total. The third-order valence-electron chi connectivity index (χ3n) is 5.44. The fourth-order valence-corrected chi connectivity index (χ4v) is 3.56. The number of hydrogen-bond acceptors (Lipinski definition) is 7. The van der Waals surface area contributed by atoms with Crippen LogP contribution in [0.2, 0.25) is 0 Å². The van der Waals surface area contributed by atoms with Crippen LogP contribution in [0.3, 0.4) is 0 Å². The number of nitrogens with zero attached hydrogens (tertiary/aromatic N) is 6. The molecule has 0 saturated carbocycles. The Morgan fingerprint density at radius 3 is 2.59 bits per heavy atom. The van der Waals surface area contributed by atoms with Gasteiger partial charge in [0.1, 0.15) is 11.6 Å². The van der Waals surface area contributed by atoms with E-state index in [9.17, 15) is 9.18 Å². The number of carbonyl (C=O) groups is 1. The Morgan fingerprint density at radius 2 is 1.95 bits per heavy atom. The van der Waals surface area contributed by atoms with Gasteiger partial charge >= 0.3 is 0 Å². The van der Waals surface area contributed by atoms with Crippen molar-refractivity contribution in [2.75, 3.05) is 0 Å². The number of imidazole rings is 1. The summed E-state index contributed by atoms with van der Waals surface area (Å²) in [5.41, 5.74) is 3.40. The van der Waals surface area contributed by atoms with Gasteiger partial charge in [-0.2, -0.15) is 10.1 Å². The maximum absolute atomic E-state index is 15.0. The van der Waals surface area contributed by atoms with E-state index in [0.29, 0.717) is 34.0 Å². The smallest absolute Gasteiger partial charge is 0.292 e. The Labute approximate surface area is 213 Å². The van der Waals surface area contributed by atoms with Gasteiger partial charge in [-0.1, -0.05) is 51.9 Å². The lowest BCUT2D eigenvalue weighted by atomic mass is 9.97. The monoisotopic (exact) mass is 504 g/mol. The lowest BCUT2D eigenvalue weighted by Gasteiger charge is -2.10. The number of pyridine rings is 1. The van der Waals surface area contributed by atoms with Crippen molar-refractivity contribution in [1.29, 1.82) is 0 Å². The van der Waals surface area contributed by atoms with Gasteiger partial charge in [-0.3, -0.25) is 9.48 Å². The first-order valence-electron chi connectivity index (χ1n) is 11.9. The summed E-state index contributed by atoms with van der Waals surface area (Å²) in [6.45, 7) is 9.68. The Hall–Kier alpha value is -4.41. The minimum Gasteiger partial charge on any atom is -0.345 e. The first-order valence-corrected chi connectivity index (χ1v) is 11.9. The minimum absolute atomic E-state index is 0.0225. The number of rotatable bonds is 5. The topological polar surface area (TPSA) is 127 Å². The highest BCUT2D eigenvalue weighted by molar-refractivity contribution is 5.91. The van der Waals surface area contributed by atoms with Gasteiger partial charge in [0.05, 0.1) is 17.3 Å². The molecule has 192 valence electrons. The molecule has 5 aromatic rings. The number of amides is 1. The number of benzene rings is 1. The van der Waals surface area contributed by atoms with Crippen LogP contribution in [0.15, 0.2) is 47.4 Å². The number of H-pyrrole nitrogens is 1. The SMILES string of the molecule is CC.Cn1cc(-c2nc3nccc(-c4ccc(CNC(=O)c5noc(C(C)(C)C)n5)c(F)c4)c3[nH]2)cn1. The van der Waals surface area contributed by atoms with Crippen molar-refractivity contribution >= 4 is 17.1 Å². The predicted molar refractivity (Wildman–Crippen MR) is 137 cm³/mol. The van der Waals surface area contributed by atoms with Crippen LogP contribution in [0, 0.1) is 5.82 Å². The van der Waals surface area contributed by atoms with E-state index >= 15 is 0 Å². The molecule has 0 unspecified atom stereocenters. The summed E-state index contributed by atoms with van der Waals surface area (Å²) in [5, 5.41) is 10.5. The molecule has 0 aliphatic rings. The highest BCUT2D eigenvalue weighted by Crippen LogP contribution is 2.29. The fourth-order valence-electron chi connectivity index (χ4n) is 3.56. The second-order valence-corrected chi connectivity index (χ2v) is 9.21. The zero-order valence-electron chi connectivity index (χ0n) is 21.6. The van der Waals surface area contributed by atoms with E-state index < -0.39 is 11.7 Å². The van der Waals surface area contributed by atoms with Crippen LogP contribution in [0.1, 0.15) is 56.7 Å². The third-order valence-corrected chi connectivity index (χ3v) is 5.44. The van der Waals surface area contributed by atoms with E-state index in [1.807, 2.05) is 47.9 Å². The van der Waals surface area contributed by atoms with Gasteiger partial charge in [0.2, 0.25) is 5.89 Å². The van der Waals surface area contributed by atoms with Crippen molar-refractivity contribution in [3.05, 3.63) is 66.0 Å². The molecular weight excluding hydrogens is 475 g/mol. The Morgan fingerprint density at radius 1 is 1.16 bits per heavy atom. The van der Waals surface area contributed by atoms with Gasteiger partial charge in [-0.15, -0.1) is 0 Å². The largest absolute Gasteiger partial charge is 0.345 e. The molecule has 37 heavy (non-hydrogen) atoms. The lowest BCUT2D eigenvalue weighted by Crippen LogP contribution is -2.24. The summed E-state index contributed by atoms with van der Waals surface area (Å²) in [4.78, 5) is 28.6. The zero-order chi connectivity index (χ0) is 26.7. The number of halogens is 1. The fraction of sp³-hybridized carbons (Fsp3) is 0.308. The standard InChI is InChI=1S/C24H23FN8O2.C2H6/c1-24(2,3)23-31-21(32-35-23)22(34)27-10-14-6-5-13(9-17(14)25)16-7-8-26-20-18(16)29-19(30-20)15-11-28-33(4)12-15;1-2/h5-9,11-12H,10H2,1-4H3,(H,27,34)(H,26,29,30);1-2H3. The first kappa shape index (κ1) is 25.7. The Bertz CT molecular complexity index is 1540.